The maximum Gasteiger partial charge on any atom is 0.111 e. The number of alkyl halides is 1. The molecule has 2 aliphatic rings. The largest absolute Gasteiger partial charge is 0.317 e. The highest BCUT2D eigenvalue weighted by molar-refractivity contribution is 6.20. The fourth-order valence-electron chi connectivity index (χ4n) is 2.96. The molecule has 2 aliphatic heterocycles. The van der Waals surface area contributed by atoms with Gasteiger partial charge in [0.2, 0.25) is 0 Å². The predicted octanol–water partition coefficient (Wildman–Crippen LogP) is 2.74. The van der Waals surface area contributed by atoms with Crippen LogP contribution in [-0.4, -0.2) is 24.5 Å². The van der Waals surface area contributed by atoms with Gasteiger partial charge in [0.25, 0.3) is 0 Å². The third-order valence-corrected chi connectivity index (χ3v) is 4.47. The SMILES string of the molecule is ClC1c2ccccc2CN1CC1CCNCC1. The standard InChI is InChI=1S/C14H19ClN2/c15-14-13-4-2-1-3-12(13)10-17(14)9-11-5-7-16-8-6-11/h1-4,11,14,16H,5-10H2. The fourth-order valence-corrected chi connectivity index (χ4v) is 3.32. The van der Waals surface area contributed by atoms with Crippen molar-refractivity contribution in [1.29, 1.82) is 0 Å². The lowest BCUT2D eigenvalue weighted by Crippen LogP contribution is -2.34. The van der Waals surface area contributed by atoms with E-state index in [9.17, 15) is 0 Å². The van der Waals surface area contributed by atoms with Crippen molar-refractivity contribution in [3.8, 4) is 0 Å². The Labute approximate surface area is 108 Å². The van der Waals surface area contributed by atoms with E-state index >= 15 is 0 Å². The molecule has 0 aromatic heterocycles. The molecule has 0 spiro atoms. The third kappa shape index (κ3) is 2.35. The Balaban J connectivity index is 1.67. The Morgan fingerprint density at radius 3 is 2.76 bits per heavy atom. The Morgan fingerprint density at radius 1 is 1.24 bits per heavy atom. The zero-order valence-corrected chi connectivity index (χ0v) is 10.8. The van der Waals surface area contributed by atoms with Crippen LogP contribution in [0.4, 0.5) is 0 Å². The van der Waals surface area contributed by atoms with Crippen LogP contribution in [0, 0.1) is 5.92 Å². The third-order valence-electron chi connectivity index (χ3n) is 3.96. The van der Waals surface area contributed by atoms with Crippen LogP contribution in [0.2, 0.25) is 0 Å². The lowest BCUT2D eigenvalue weighted by molar-refractivity contribution is 0.201. The lowest BCUT2D eigenvalue weighted by atomic mass is 9.98. The summed E-state index contributed by atoms with van der Waals surface area (Å²) in [6.07, 6.45) is 2.58. The van der Waals surface area contributed by atoms with E-state index in [0.717, 1.165) is 19.0 Å². The minimum atomic E-state index is 0.0843. The number of nitrogens with zero attached hydrogens (tertiary/aromatic N) is 1. The average molecular weight is 251 g/mol. The summed E-state index contributed by atoms with van der Waals surface area (Å²) in [4.78, 5) is 2.42. The van der Waals surface area contributed by atoms with Gasteiger partial charge in [0, 0.05) is 13.1 Å². The van der Waals surface area contributed by atoms with Gasteiger partial charge in [-0.25, -0.2) is 0 Å². The van der Waals surface area contributed by atoms with Crippen LogP contribution in [0.5, 0.6) is 0 Å². The summed E-state index contributed by atoms with van der Waals surface area (Å²) in [6, 6.07) is 8.56. The van der Waals surface area contributed by atoms with Gasteiger partial charge in [-0.15, -0.1) is 11.6 Å². The molecule has 0 bridgehead atoms. The Hall–Kier alpha value is -0.570. The molecule has 1 N–H and O–H groups in total. The molecule has 1 aromatic rings. The maximum absolute atomic E-state index is 6.54. The van der Waals surface area contributed by atoms with Crippen molar-refractivity contribution in [2.75, 3.05) is 19.6 Å². The topological polar surface area (TPSA) is 15.3 Å². The van der Waals surface area contributed by atoms with Gasteiger partial charge >= 0.3 is 0 Å². The van der Waals surface area contributed by atoms with Gasteiger partial charge in [-0.1, -0.05) is 24.3 Å². The normalized spacial score (nSPS) is 26.1. The lowest BCUT2D eigenvalue weighted by Gasteiger charge is -2.29. The molecule has 1 atom stereocenters. The molecule has 1 saturated heterocycles. The van der Waals surface area contributed by atoms with E-state index in [1.54, 1.807) is 0 Å². The second-order valence-corrected chi connectivity index (χ2v) is 5.57. The van der Waals surface area contributed by atoms with Crippen LogP contribution < -0.4 is 5.32 Å². The Morgan fingerprint density at radius 2 is 2.00 bits per heavy atom. The van der Waals surface area contributed by atoms with E-state index in [1.165, 1.54) is 37.1 Å². The van der Waals surface area contributed by atoms with Crippen LogP contribution in [-0.2, 0) is 6.54 Å². The quantitative estimate of drug-likeness (QED) is 0.642. The smallest absolute Gasteiger partial charge is 0.111 e. The van der Waals surface area contributed by atoms with E-state index in [1.807, 2.05) is 0 Å². The molecule has 17 heavy (non-hydrogen) atoms. The highest BCUT2D eigenvalue weighted by atomic mass is 35.5. The molecule has 0 aliphatic carbocycles. The van der Waals surface area contributed by atoms with Crippen molar-refractivity contribution in [3.63, 3.8) is 0 Å². The van der Waals surface area contributed by atoms with Gasteiger partial charge in [0.1, 0.15) is 5.50 Å². The number of rotatable bonds is 2. The molecule has 2 nitrogen and oxygen atoms in total. The van der Waals surface area contributed by atoms with Gasteiger partial charge in [-0.3, -0.25) is 4.90 Å². The van der Waals surface area contributed by atoms with Crippen molar-refractivity contribution in [3.05, 3.63) is 35.4 Å². The summed E-state index contributed by atoms with van der Waals surface area (Å²) in [5.41, 5.74) is 2.80. The highest BCUT2D eigenvalue weighted by Crippen LogP contribution is 2.37. The summed E-state index contributed by atoms with van der Waals surface area (Å²) in [5, 5.41) is 3.42. The van der Waals surface area contributed by atoms with Gasteiger partial charge in [0.05, 0.1) is 0 Å². The molecule has 0 radical (unpaired) electrons. The summed E-state index contributed by atoms with van der Waals surface area (Å²) >= 11 is 6.54. The maximum atomic E-state index is 6.54. The number of hydrogen-bond acceptors (Lipinski definition) is 2. The number of piperidine rings is 1. The van der Waals surface area contributed by atoms with E-state index in [0.29, 0.717) is 0 Å². The number of fused-ring (bicyclic) bond motifs is 1. The zero-order chi connectivity index (χ0) is 11.7. The first-order chi connectivity index (χ1) is 8.34. The van der Waals surface area contributed by atoms with Crippen LogP contribution in [0.25, 0.3) is 0 Å². The Kier molecular flexibility index (Phi) is 3.37. The monoisotopic (exact) mass is 250 g/mol. The summed E-state index contributed by atoms with van der Waals surface area (Å²) in [7, 11) is 0. The number of halogens is 1. The molecule has 92 valence electrons. The molecule has 0 amide bonds. The molecule has 3 rings (SSSR count). The molecular weight excluding hydrogens is 232 g/mol. The van der Waals surface area contributed by atoms with Crippen molar-refractivity contribution in [2.24, 2.45) is 5.92 Å². The first kappa shape index (κ1) is 11.5. The fraction of sp³-hybridized carbons (Fsp3) is 0.571. The van der Waals surface area contributed by atoms with E-state index < -0.39 is 0 Å². The predicted molar refractivity (Wildman–Crippen MR) is 71.0 cm³/mol. The molecule has 3 heteroatoms. The minimum absolute atomic E-state index is 0.0843. The second kappa shape index (κ2) is 4.97. The number of hydrogen-bond donors (Lipinski definition) is 1. The van der Waals surface area contributed by atoms with Gasteiger partial charge in [-0.05, 0) is 43.0 Å². The zero-order valence-electron chi connectivity index (χ0n) is 10.0. The van der Waals surface area contributed by atoms with Crippen molar-refractivity contribution >= 4 is 11.6 Å². The molecule has 2 heterocycles. The minimum Gasteiger partial charge on any atom is -0.317 e. The van der Waals surface area contributed by atoms with Crippen molar-refractivity contribution < 1.29 is 0 Å². The van der Waals surface area contributed by atoms with E-state index in [-0.39, 0.29) is 5.50 Å². The van der Waals surface area contributed by atoms with E-state index in [4.69, 9.17) is 11.6 Å². The first-order valence-electron chi connectivity index (χ1n) is 6.51. The Bertz CT molecular complexity index is 388. The average Bonchev–Trinajstić information content (AvgIpc) is 2.68. The summed E-state index contributed by atoms with van der Waals surface area (Å²) in [6.45, 7) is 4.50. The van der Waals surface area contributed by atoms with Crippen LogP contribution in [0.15, 0.2) is 24.3 Å². The highest BCUT2D eigenvalue weighted by Gasteiger charge is 2.29. The number of benzene rings is 1. The molecule has 0 saturated carbocycles. The van der Waals surface area contributed by atoms with Crippen LogP contribution in [0.1, 0.15) is 29.5 Å². The van der Waals surface area contributed by atoms with Crippen molar-refractivity contribution in [1.82, 2.24) is 10.2 Å². The van der Waals surface area contributed by atoms with Gasteiger partial charge < -0.3 is 5.32 Å². The molecule has 1 unspecified atom stereocenters. The van der Waals surface area contributed by atoms with Crippen molar-refractivity contribution in [2.45, 2.75) is 24.9 Å². The molecule has 1 aromatic carbocycles. The number of nitrogens with one attached hydrogen (secondary N) is 1. The summed E-state index contributed by atoms with van der Waals surface area (Å²) < 4.78 is 0. The van der Waals surface area contributed by atoms with Gasteiger partial charge in [-0.2, -0.15) is 0 Å². The first-order valence-corrected chi connectivity index (χ1v) is 6.95. The van der Waals surface area contributed by atoms with E-state index in [2.05, 4.69) is 34.5 Å². The molecule has 1 fully saturated rings. The summed E-state index contributed by atoms with van der Waals surface area (Å²) in [5.74, 6) is 0.812. The second-order valence-electron chi connectivity index (χ2n) is 5.16. The molecular formula is C14H19ClN2. The van der Waals surface area contributed by atoms with Gasteiger partial charge in [0.15, 0.2) is 0 Å². The van der Waals surface area contributed by atoms with Crippen LogP contribution in [0.3, 0.4) is 0 Å². The van der Waals surface area contributed by atoms with Crippen LogP contribution >= 0.6 is 11.6 Å².